The number of aryl methyl sites for hydroxylation is 1. The van der Waals surface area contributed by atoms with Crippen LogP contribution in [-0.2, 0) is 4.79 Å². The zero-order valence-corrected chi connectivity index (χ0v) is 22.4. The first kappa shape index (κ1) is 26.9. The number of rotatable bonds is 5. The van der Waals surface area contributed by atoms with Crippen molar-refractivity contribution in [1.82, 2.24) is 14.8 Å². The van der Waals surface area contributed by atoms with Gasteiger partial charge in [-0.15, -0.1) is 0 Å². The molecule has 3 aliphatic heterocycles. The van der Waals surface area contributed by atoms with Crippen LogP contribution >= 0.6 is 23.2 Å². The van der Waals surface area contributed by atoms with Crippen LogP contribution in [0.15, 0.2) is 36.0 Å². The summed E-state index contributed by atoms with van der Waals surface area (Å²) >= 11 is 12.7. The van der Waals surface area contributed by atoms with Crippen LogP contribution in [0.5, 0.6) is 5.75 Å². The van der Waals surface area contributed by atoms with Crippen LogP contribution in [0.3, 0.4) is 0 Å². The Hall–Kier alpha value is -3.70. The van der Waals surface area contributed by atoms with Crippen molar-refractivity contribution in [3.8, 4) is 5.75 Å². The maximum absolute atomic E-state index is 12.3. The number of pyridine rings is 1. The molecule has 0 spiro atoms. The molecular formula is C26H26Cl2N4O7. The van der Waals surface area contributed by atoms with Gasteiger partial charge in [-0.1, -0.05) is 23.2 Å². The Morgan fingerprint density at radius 2 is 1.74 bits per heavy atom. The number of carbonyl (C=O) groups is 3. The average Bonchev–Trinajstić information content (AvgIpc) is 3.33. The highest BCUT2D eigenvalue weighted by atomic mass is 35.5. The van der Waals surface area contributed by atoms with E-state index in [2.05, 4.69) is 4.98 Å². The molecule has 39 heavy (non-hydrogen) atoms. The van der Waals surface area contributed by atoms with Gasteiger partial charge in [0.15, 0.2) is 5.75 Å². The fourth-order valence-corrected chi connectivity index (χ4v) is 6.33. The van der Waals surface area contributed by atoms with Gasteiger partial charge in [0.1, 0.15) is 11.9 Å². The third-order valence-electron chi connectivity index (χ3n) is 7.37. The maximum atomic E-state index is 12.3. The number of piperazine rings is 1. The molecule has 2 amide bonds. The molecule has 11 nitrogen and oxygen atoms in total. The second kappa shape index (κ2) is 10.5. The molecule has 2 bridgehead atoms. The topological polar surface area (TPSA) is 144 Å². The van der Waals surface area contributed by atoms with E-state index in [-0.39, 0.29) is 31.2 Å². The molecule has 1 aromatic carbocycles. The Bertz CT molecular complexity index is 1340. The van der Waals surface area contributed by atoms with Gasteiger partial charge in [-0.2, -0.15) is 0 Å². The summed E-state index contributed by atoms with van der Waals surface area (Å²) in [5.41, 5.74) is 1.83. The molecule has 0 saturated carbocycles. The summed E-state index contributed by atoms with van der Waals surface area (Å²) in [6.07, 6.45) is -0.271. The molecule has 4 heterocycles. The van der Waals surface area contributed by atoms with Crippen LogP contribution in [0.25, 0.3) is 5.57 Å². The zero-order valence-electron chi connectivity index (χ0n) is 20.9. The molecule has 0 aliphatic carbocycles. The second-order valence-electron chi connectivity index (χ2n) is 9.89. The van der Waals surface area contributed by atoms with Crippen molar-refractivity contribution in [3.63, 3.8) is 0 Å². The average molecular weight is 577 g/mol. The quantitative estimate of drug-likeness (QED) is 0.474. The molecule has 3 N–H and O–H groups in total. The number of hydrogen-bond acceptors (Lipinski definition) is 6. The van der Waals surface area contributed by atoms with E-state index in [4.69, 9.17) is 27.9 Å². The molecule has 0 radical (unpaired) electrons. The number of hydrogen-bond donors (Lipinski definition) is 3. The van der Waals surface area contributed by atoms with E-state index in [0.29, 0.717) is 45.8 Å². The zero-order chi connectivity index (χ0) is 28.0. The van der Waals surface area contributed by atoms with Gasteiger partial charge in [-0.05, 0) is 54.3 Å². The highest BCUT2D eigenvalue weighted by Gasteiger charge is 2.47. The molecular weight excluding hydrogens is 551 g/mol. The Labute approximate surface area is 233 Å². The third-order valence-corrected chi connectivity index (χ3v) is 7.93. The monoisotopic (exact) mass is 576 g/mol. The first-order valence-electron chi connectivity index (χ1n) is 12.3. The van der Waals surface area contributed by atoms with Gasteiger partial charge in [0.05, 0.1) is 34.2 Å². The van der Waals surface area contributed by atoms with Crippen LogP contribution in [0.1, 0.15) is 24.0 Å². The Balaban J connectivity index is 1.36. The molecule has 2 fully saturated rings. The fraction of sp³-hybridized carbons (Fsp3) is 0.385. The standard InChI is InChI=1S/C26H26Cl2N4O7/c1-13-6-18(27)23(19(28)7-13)39-16-4-5-30(11-16)21-3-2-14(9-29-21)17-8-15-10-31(25(35)36)12-20(22(17)24(33)34)32(15)26(37)38/h2-3,6-7,9,15-16,20H,4-5,8,10-12H2,1H3,(H,33,34)(H,35,36)(H,37,38)/t15-,16+,20-/m0/s1. The minimum absolute atomic E-state index is 0.0375. The number of amides is 2. The van der Waals surface area contributed by atoms with Gasteiger partial charge in [-0.25, -0.2) is 19.4 Å². The van der Waals surface area contributed by atoms with Gasteiger partial charge in [-0.3, -0.25) is 4.90 Å². The van der Waals surface area contributed by atoms with Crippen molar-refractivity contribution in [3.05, 3.63) is 57.2 Å². The molecule has 2 saturated heterocycles. The summed E-state index contributed by atoms with van der Waals surface area (Å²) in [4.78, 5) is 44.6. The number of carboxylic acid groups (broad SMARTS) is 3. The smallest absolute Gasteiger partial charge is 0.408 e. The molecule has 13 heteroatoms. The lowest BCUT2D eigenvalue weighted by molar-refractivity contribution is -0.133. The first-order valence-corrected chi connectivity index (χ1v) is 13.1. The van der Waals surface area contributed by atoms with E-state index in [1.165, 1.54) is 0 Å². The van der Waals surface area contributed by atoms with E-state index in [1.807, 2.05) is 11.8 Å². The Morgan fingerprint density at radius 3 is 2.33 bits per heavy atom. The summed E-state index contributed by atoms with van der Waals surface area (Å²) in [7, 11) is 0. The van der Waals surface area contributed by atoms with Crippen LogP contribution in [0, 0.1) is 6.92 Å². The number of aliphatic carboxylic acids is 1. The van der Waals surface area contributed by atoms with Gasteiger partial charge in [0, 0.05) is 32.3 Å². The molecule has 2 aromatic rings. The largest absolute Gasteiger partial charge is 0.485 e. The molecule has 1 aromatic heterocycles. The van der Waals surface area contributed by atoms with Crippen molar-refractivity contribution < 1.29 is 34.4 Å². The highest BCUT2D eigenvalue weighted by Crippen LogP contribution is 2.39. The number of carboxylic acids is 1. The number of halogens is 2. The highest BCUT2D eigenvalue weighted by molar-refractivity contribution is 6.37. The molecule has 206 valence electrons. The van der Waals surface area contributed by atoms with Crippen molar-refractivity contribution >= 4 is 52.7 Å². The number of anilines is 1. The summed E-state index contributed by atoms with van der Waals surface area (Å²) in [5, 5.41) is 30.1. The second-order valence-corrected chi connectivity index (χ2v) is 10.7. The van der Waals surface area contributed by atoms with E-state index in [1.54, 1.807) is 30.5 Å². The summed E-state index contributed by atoms with van der Waals surface area (Å²) in [6.45, 7) is 2.85. The van der Waals surface area contributed by atoms with Crippen LogP contribution in [0.4, 0.5) is 15.4 Å². The van der Waals surface area contributed by atoms with Crippen molar-refractivity contribution in [2.75, 3.05) is 31.1 Å². The summed E-state index contributed by atoms with van der Waals surface area (Å²) in [5.74, 6) is -0.153. The first-order chi connectivity index (χ1) is 18.5. The minimum Gasteiger partial charge on any atom is -0.485 e. The number of nitrogens with zero attached hydrogens (tertiary/aromatic N) is 4. The lowest BCUT2D eigenvalue weighted by Gasteiger charge is -2.48. The lowest BCUT2D eigenvalue weighted by atomic mass is 9.82. The number of fused-ring (bicyclic) bond motifs is 2. The fourth-order valence-electron chi connectivity index (χ4n) is 5.65. The van der Waals surface area contributed by atoms with E-state index >= 15 is 0 Å². The summed E-state index contributed by atoms with van der Waals surface area (Å²) in [6, 6.07) is 5.33. The van der Waals surface area contributed by atoms with Crippen molar-refractivity contribution in [2.24, 2.45) is 0 Å². The van der Waals surface area contributed by atoms with Gasteiger partial charge in [0.25, 0.3) is 0 Å². The maximum Gasteiger partial charge on any atom is 0.408 e. The van der Waals surface area contributed by atoms with E-state index < -0.39 is 30.2 Å². The number of aromatic nitrogens is 1. The predicted molar refractivity (Wildman–Crippen MR) is 143 cm³/mol. The lowest BCUT2D eigenvalue weighted by Crippen LogP contribution is -2.64. The Morgan fingerprint density at radius 1 is 1.03 bits per heavy atom. The van der Waals surface area contributed by atoms with Gasteiger partial charge < -0.3 is 29.9 Å². The van der Waals surface area contributed by atoms with Crippen LogP contribution in [0.2, 0.25) is 10.0 Å². The van der Waals surface area contributed by atoms with Crippen LogP contribution in [-0.4, -0.2) is 92.6 Å². The number of benzene rings is 1. The normalized spacial score (nSPS) is 22.7. The molecule has 3 atom stereocenters. The third kappa shape index (κ3) is 5.16. The molecule has 3 aliphatic rings. The van der Waals surface area contributed by atoms with E-state index in [0.717, 1.165) is 21.8 Å². The number of ether oxygens (including phenoxy) is 1. The van der Waals surface area contributed by atoms with E-state index in [9.17, 15) is 29.7 Å². The predicted octanol–water partition coefficient (Wildman–Crippen LogP) is 4.31. The minimum atomic E-state index is -1.29. The van der Waals surface area contributed by atoms with Gasteiger partial charge in [0.2, 0.25) is 0 Å². The van der Waals surface area contributed by atoms with Gasteiger partial charge >= 0.3 is 18.2 Å². The van der Waals surface area contributed by atoms with Crippen LogP contribution < -0.4 is 9.64 Å². The Kier molecular flexibility index (Phi) is 7.21. The molecule has 0 unspecified atom stereocenters. The van der Waals surface area contributed by atoms with Crippen molar-refractivity contribution in [2.45, 2.75) is 38.0 Å². The molecule has 5 rings (SSSR count). The SMILES string of the molecule is Cc1cc(Cl)c(O[C@@H]2CCN(c3ccc(C4=C(C(=O)O)[C@@H]5CN(C(=O)O)C[C@H](C4)N5C(=O)O)cn3)C2)c(Cl)c1. The summed E-state index contributed by atoms with van der Waals surface area (Å²) < 4.78 is 6.10. The van der Waals surface area contributed by atoms with Crippen molar-refractivity contribution in [1.29, 1.82) is 0 Å².